The maximum absolute atomic E-state index is 13.3. The molecular weight excluding hydrogens is 269 g/mol. The smallest absolute Gasteiger partial charge is 0.209 e. The van der Waals surface area contributed by atoms with Gasteiger partial charge in [-0.2, -0.15) is 0 Å². The zero-order chi connectivity index (χ0) is 14.6. The molecule has 0 saturated heterocycles. The number of aromatic amines is 1. The number of hydrogen-bond donors (Lipinski definition) is 1. The Morgan fingerprint density at radius 3 is 2.71 bits per heavy atom. The number of fused-ring (bicyclic) bond motifs is 3. The molecule has 0 fully saturated rings. The van der Waals surface area contributed by atoms with Crippen LogP contribution in [0.3, 0.4) is 0 Å². The molecule has 3 nitrogen and oxygen atoms in total. The molecule has 0 radical (unpaired) electrons. The number of aromatic nitrogens is 1. The topological polar surface area (TPSA) is 49.9 Å². The van der Waals surface area contributed by atoms with E-state index in [0.29, 0.717) is 28.5 Å². The predicted molar refractivity (Wildman–Crippen MR) is 77.2 cm³/mol. The van der Waals surface area contributed by atoms with E-state index in [4.69, 9.17) is 0 Å². The Bertz CT molecular complexity index is 972. The van der Waals surface area contributed by atoms with Crippen LogP contribution in [0.25, 0.3) is 10.9 Å². The van der Waals surface area contributed by atoms with E-state index in [1.165, 1.54) is 18.2 Å². The van der Waals surface area contributed by atoms with Gasteiger partial charge in [0.05, 0.1) is 11.2 Å². The average molecular weight is 279 g/mol. The fourth-order valence-electron chi connectivity index (χ4n) is 2.89. The number of carbonyl (C=O) groups is 1. The first kappa shape index (κ1) is 12.0. The first-order valence-electron chi connectivity index (χ1n) is 6.62. The fraction of sp³-hybridized carbons (Fsp3) is 0.0588. The number of H-pyrrole nitrogens is 1. The summed E-state index contributed by atoms with van der Waals surface area (Å²) in [5.41, 5.74) is 2.32. The zero-order valence-electron chi connectivity index (χ0n) is 10.9. The highest BCUT2D eigenvalue weighted by Crippen LogP contribution is 2.25. The fourth-order valence-corrected chi connectivity index (χ4v) is 2.89. The van der Waals surface area contributed by atoms with Gasteiger partial charge < -0.3 is 4.98 Å². The van der Waals surface area contributed by atoms with E-state index in [2.05, 4.69) is 4.98 Å². The molecule has 4 heteroatoms. The summed E-state index contributed by atoms with van der Waals surface area (Å²) in [4.78, 5) is 28.0. The highest BCUT2D eigenvalue weighted by molar-refractivity contribution is 6.12. The van der Waals surface area contributed by atoms with Crippen molar-refractivity contribution >= 4 is 16.7 Å². The SMILES string of the molecule is O=C1c2ccccc2Cc2c1[nH]c1cc(F)ccc1c2=O. The lowest BCUT2D eigenvalue weighted by molar-refractivity contribution is 0.103. The third kappa shape index (κ3) is 1.65. The number of halogens is 1. The molecule has 0 aliphatic heterocycles. The number of ketones is 1. The van der Waals surface area contributed by atoms with Gasteiger partial charge in [-0.05, 0) is 23.8 Å². The van der Waals surface area contributed by atoms with E-state index < -0.39 is 5.82 Å². The van der Waals surface area contributed by atoms with E-state index in [9.17, 15) is 14.0 Å². The molecule has 21 heavy (non-hydrogen) atoms. The van der Waals surface area contributed by atoms with Crippen LogP contribution in [0.1, 0.15) is 27.2 Å². The van der Waals surface area contributed by atoms with Gasteiger partial charge >= 0.3 is 0 Å². The van der Waals surface area contributed by atoms with E-state index in [-0.39, 0.29) is 16.9 Å². The van der Waals surface area contributed by atoms with Gasteiger partial charge in [-0.15, -0.1) is 0 Å². The molecule has 102 valence electrons. The maximum atomic E-state index is 13.3. The van der Waals surface area contributed by atoms with E-state index in [1.807, 2.05) is 12.1 Å². The van der Waals surface area contributed by atoms with E-state index in [1.54, 1.807) is 12.1 Å². The van der Waals surface area contributed by atoms with Gasteiger partial charge in [-0.25, -0.2) is 4.39 Å². The summed E-state index contributed by atoms with van der Waals surface area (Å²) in [7, 11) is 0. The van der Waals surface area contributed by atoms with Crippen LogP contribution in [0.15, 0.2) is 47.3 Å². The summed E-state index contributed by atoms with van der Waals surface area (Å²) in [6, 6.07) is 11.2. The number of hydrogen-bond acceptors (Lipinski definition) is 2. The highest BCUT2D eigenvalue weighted by atomic mass is 19.1. The summed E-state index contributed by atoms with van der Waals surface area (Å²) >= 11 is 0. The Kier molecular flexibility index (Phi) is 2.36. The lowest BCUT2D eigenvalue weighted by Gasteiger charge is -2.18. The van der Waals surface area contributed by atoms with Gasteiger partial charge in [0.1, 0.15) is 5.82 Å². The largest absolute Gasteiger partial charge is 0.351 e. The second-order valence-corrected chi connectivity index (χ2v) is 5.16. The highest BCUT2D eigenvalue weighted by Gasteiger charge is 2.26. The van der Waals surface area contributed by atoms with Crippen molar-refractivity contribution in [1.82, 2.24) is 4.98 Å². The van der Waals surface area contributed by atoms with Crippen molar-refractivity contribution in [2.24, 2.45) is 0 Å². The lowest BCUT2D eigenvalue weighted by atomic mass is 9.87. The third-order valence-corrected chi connectivity index (χ3v) is 3.92. The quantitative estimate of drug-likeness (QED) is 0.538. The van der Waals surface area contributed by atoms with Gasteiger partial charge in [-0.3, -0.25) is 9.59 Å². The number of rotatable bonds is 0. The molecule has 0 atom stereocenters. The summed E-state index contributed by atoms with van der Waals surface area (Å²) < 4.78 is 13.3. The number of carbonyl (C=O) groups excluding carboxylic acids is 1. The van der Waals surface area contributed by atoms with E-state index in [0.717, 1.165) is 5.56 Å². The molecule has 0 unspecified atom stereocenters. The molecule has 0 saturated carbocycles. The van der Waals surface area contributed by atoms with Gasteiger partial charge in [0.15, 0.2) is 5.43 Å². The molecule has 0 spiro atoms. The Morgan fingerprint density at radius 1 is 1.05 bits per heavy atom. The third-order valence-electron chi connectivity index (χ3n) is 3.92. The Hall–Kier alpha value is -2.75. The van der Waals surface area contributed by atoms with Gasteiger partial charge in [0.25, 0.3) is 0 Å². The molecule has 1 aromatic heterocycles. The summed E-state index contributed by atoms with van der Waals surface area (Å²) in [5.74, 6) is -0.656. The van der Waals surface area contributed by atoms with Crippen LogP contribution in [0.5, 0.6) is 0 Å². The molecule has 1 heterocycles. The van der Waals surface area contributed by atoms with Crippen molar-refractivity contribution in [3.63, 3.8) is 0 Å². The van der Waals surface area contributed by atoms with Gasteiger partial charge in [-0.1, -0.05) is 24.3 Å². The second-order valence-electron chi connectivity index (χ2n) is 5.16. The van der Waals surface area contributed by atoms with Crippen molar-refractivity contribution in [2.75, 3.05) is 0 Å². The summed E-state index contributed by atoms with van der Waals surface area (Å²) in [5, 5.41) is 0.405. The average Bonchev–Trinajstić information content (AvgIpc) is 2.49. The molecule has 0 bridgehead atoms. The van der Waals surface area contributed by atoms with Crippen LogP contribution >= 0.6 is 0 Å². The first-order chi connectivity index (χ1) is 10.1. The Balaban J connectivity index is 2.08. The lowest BCUT2D eigenvalue weighted by Crippen LogP contribution is -2.24. The van der Waals surface area contributed by atoms with Crippen molar-refractivity contribution in [3.05, 3.63) is 80.9 Å². The Labute approximate surface area is 119 Å². The minimum Gasteiger partial charge on any atom is -0.351 e. The minimum absolute atomic E-state index is 0.207. The molecule has 1 aliphatic carbocycles. The molecule has 3 aromatic rings. The number of nitrogens with one attached hydrogen (secondary N) is 1. The number of benzene rings is 2. The van der Waals surface area contributed by atoms with Crippen LogP contribution < -0.4 is 5.43 Å². The van der Waals surface area contributed by atoms with Crippen molar-refractivity contribution in [2.45, 2.75) is 6.42 Å². The standard InChI is InChI=1S/C17H10FNO2/c18-10-5-6-12-14(8-10)19-15-13(16(12)20)7-9-3-1-2-4-11(9)17(15)21/h1-6,8H,7H2,(H,19,20). The normalized spacial score (nSPS) is 13.1. The van der Waals surface area contributed by atoms with Crippen molar-refractivity contribution in [3.8, 4) is 0 Å². The zero-order valence-corrected chi connectivity index (χ0v) is 10.9. The Morgan fingerprint density at radius 2 is 1.86 bits per heavy atom. The molecule has 0 amide bonds. The van der Waals surface area contributed by atoms with Crippen molar-refractivity contribution in [1.29, 1.82) is 0 Å². The molecular formula is C17H10FNO2. The van der Waals surface area contributed by atoms with Crippen LogP contribution in [-0.4, -0.2) is 10.8 Å². The molecule has 4 rings (SSSR count). The summed E-state index contributed by atoms with van der Waals surface area (Å²) in [6.45, 7) is 0. The van der Waals surface area contributed by atoms with Crippen LogP contribution in [0, 0.1) is 5.82 Å². The molecule has 1 aliphatic rings. The predicted octanol–water partition coefficient (Wildman–Crippen LogP) is 2.80. The van der Waals surface area contributed by atoms with E-state index >= 15 is 0 Å². The monoisotopic (exact) mass is 279 g/mol. The van der Waals surface area contributed by atoms with Crippen LogP contribution in [-0.2, 0) is 6.42 Å². The van der Waals surface area contributed by atoms with Crippen molar-refractivity contribution < 1.29 is 9.18 Å². The van der Waals surface area contributed by atoms with Gasteiger partial charge in [0.2, 0.25) is 5.78 Å². The maximum Gasteiger partial charge on any atom is 0.209 e. The van der Waals surface area contributed by atoms with Crippen LogP contribution in [0.4, 0.5) is 4.39 Å². The molecule has 2 aromatic carbocycles. The first-order valence-corrected chi connectivity index (χ1v) is 6.62. The number of pyridine rings is 1. The summed E-state index contributed by atoms with van der Waals surface area (Å²) in [6.07, 6.45) is 0.417. The molecule has 1 N–H and O–H groups in total. The van der Waals surface area contributed by atoms with Crippen LogP contribution in [0.2, 0.25) is 0 Å². The second kappa shape index (κ2) is 4.12. The minimum atomic E-state index is -0.443. The van der Waals surface area contributed by atoms with Gasteiger partial charge in [0, 0.05) is 22.9 Å².